The van der Waals surface area contributed by atoms with Gasteiger partial charge in [0.15, 0.2) is 16.7 Å². The molecule has 1 saturated heterocycles. The lowest BCUT2D eigenvalue weighted by Crippen LogP contribution is -2.23. The third kappa shape index (κ3) is 5.24. The molecular formula is C21H20Br2N2O3S. The Labute approximate surface area is 191 Å². The predicted molar refractivity (Wildman–Crippen MR) is 125 cm³/mol. The van der Waals surface area contributed by atoms with Crippen molar-refractivity contribution in [2.24, 2.45) is 4.99 Å². The van der Waals surface area contributed by atoms with E-state index in [1.54, 1.807) is 19.0 Å². The Hall–Kier alpha value is -1.77. The van der Waals surface area contributed by atoms with Crippen LogP contribution in [0.4, 0.5) is 0 Å². The van der Waals surface area contributed by atoms with E-state index in [9.17, 15) is 4.79 Å². The van der Waals surface area contributed by atoms with Gasteiger partial charge in [0.2, 0.25) is 0 Å². The first-order valence-electron chi connectivity index (χ1n) is 8.91. The van der Waals surface area contributed by atoms with Gasteiger partial charge in [-0.3, -0.25) is 14.7 Å². The van der Waals surface area contributed by atoms with Crippen LogP contribution in [-0.2, 0) is 11.4 Å². The summed E-state index contributed by atoms with van der Waals surface area (Å²) in [7, 11) is 3.40. The normalized spacial score (nSPS) is 16.7. The average Bonchev–Trinajstić information content (AvgIpc) is 2.98. The second-order valence-corrected chi connectivity index (χ2v) is 8.93. The Bertz CT molecular complexity index is 975. The monoisotopic (exact) mass is 538 g/mol. The van der Waals surface area contributed by atoms with Crippen molar-refractivity contribution in [3.63, 3.8) is 0 Å². The molecule has 8 heteroatoms. The lowest BCUT2D eigenvalue weighted by atomic mass is 10.1. The zero-order chi connectivity index (χ0) is 21.0. The van der Waals surface area contributed by atoms with Crippen molar-refractivity contribution < 1.29 is 14.3 Å². The first-order chi connectivity index (χ1) is 13.9. The van der Waals surface area contributed by atoms with Crippen LogP contribution in [0, 0.1) is 0 Å². The van der Waals surface area contributed by atoms with Crippen molar-refractivity contribution in [1.29, 1.82) is 0 Å². The highest BCUT2D eigenvalue weighted by Crippen LogP contribution is 2.38. The van der Waals surface area contributed by atoms with Gasteiger partial charge in [-0.25, -0.2) is 0 Å². The van der Waals surface area contributed by atoms with Crippen molar-refractivity contribution in [3.05, 3.63) is 61.4 Å². The summed E-state index contributed by atoms with van der Waals surface area (Å²) in [6, 6.07) is 11.7. The molecule has 2 aromatic carbocycles. The highest BCUT2D eigenvalue weighted by Gasteiger charge is 2.30. The van der Waals surface area contributed by atoms with E-state index in [1.807, 2.05) is 49.4 Å². The van der Waals surface area contributed by atoms with Crippen molar-refractivity contribution in [1.82, 2.24) is 4.90 Å². The number of hydrogen-bond donors (Lipinski definition) is 0. The second-order valence-electron chi connectivity index (χ2n) is 6.15. The molecule has 0 aliphatic carbocycles. The molecule has 2 aromatic rings. The van der Waals surface area contributed by atoms with Gasteiger partial charge in [0.1, 0.15) is 6.61 Å². The van der Waals surface area contributed by atoms with Gasteiger partial charge in [-0.1, -0.05) is 44.0 Å². The zero-order valence-electron chi connectivity index (χ0n) is 16.2. The molecule has 3 rings (SSSR count). The number of nitrogens with zero attached hydrogens (tertiary/aromatic N) is 2. The van der Waals surface area contributed by atoms with Crippen LogP contribution in [0.25, 0.3) is 6.08 Å². The zero-order valence-corrected chi connectivity index (χ0v) is 20.2. The number of halogens is 2. The molecule has 0 unspecified atom stereocenters. The smallest absolute Gasteiger partial charge is 0.266 e. The molecule has 0 aromatic heterocycles. The number of likely N-dealkylation sites (N-methyl/N-ethyl adjacent to an activating group) is 1. The van der Waals surface area contributed by atoms with Crippen molar-refractivity contribution >= 4 is 60.8 Å². The Morgan fingerprint density at radius 3 is 2.45 bits per heavy atom. The average molecular weight is 540 g/mol. The summed E-state index contributed by atoms with van der Waals surface area (Å²) in [5.41, 5.74) is 1.89. The van der Waals surface area contributed by atoms with Crippen LogP contribution in [0.15, 0.2) is 55.2 Å². The number of rotatable bonds is 6. The second kappa shape index (κ2) is 9.82. The molecule has 1 aliphatic heterocycles. The highest BCUT2D eigenvalue weighted by atomic mass is 79.9. The molecular weight excluding hydrogens is 520 g/mol. The third-order valence-electron chi connectivity index (χ3n) is 4.15. The van der Waals surface area contributed by atoms with Crippen LogP contribution in [0.3, 0.4) is 0 Å². The largest absolute Gasteiger partial charge is 0.490 e. The summed E-state index contributed by atoms with van der Waals surface area (Å²) >= 11 is 8.38. The summed E-state index contributed by atoms with van der Waals surface area (Å²) in [4.78, 5) is 18.7. The molecule has 1 heterocycles. The Balaban J connectivity index is 1.87. The number of carbonyl (C=O) groups excluding carboxylic acids is 1. The van der Waals surface area contributed by atoms with E-state index in [1.165, 1.54) is 11.8 Å². The molecule has 1 amide bonds. The minimum absolute atomic E-state index is 0.0731. The van der Waals surface area contributed by atoms with E-state index in [0.29, 0.717) is 34.8 Å². The van der Waals surface area contributed by atoms with Crippen LogP contribution in [0.5, 0.6) is 11.5 Å². The molecule has 0 bridgehead atoms. The van der Waals surface area contributed by atoms with Crippen molar-refractivity contribution in [2.45, 2.75) is 13.5 Å². The number of hydrogen-bond acceptors (Lipinski definition) is 5. The first-order valence-corrected chi connectivity index (χ1v) is 11.3. The Morgan fingerprint density at radius 2 is 1.83 bits per heavy atom. The van der Waals surface area contributed by atoms with Gasteiger partial charge in [-0.05, 0) is 60.2 Å². The minimum Gasteiger partial charge on any atom is -0.490 e. The molecule has 0 N–H and O–H groups in total. The van der Waals surface area contributed by atoms with E-state index in [-0.39, 0.29) is 5.91 Å². The van der Waals surface area contributed by atoms with Gasteiger partial charge < -0.3 is 9.47 Å². The van der Waals surface area contributed by atoms with Crippen LogP contribution in [-0.4, -0.2) is 36.7 Å². The third-order valence-corrected chi connectivity index (χ3v) is 6.52. The van der Waals surface area contributed by atoms with Gasteiger partial charge in [0, 0.05) is 23.0 Å². The molecule has 152 valence electrons. The first kappa shape index (κ1) is 21.9. The standard InChI is InChI=1S/C21H20Br2N2O3S/c1-4-27-17-9-14(10-19-20(26)25(3)21(24-2)29-19)16(23)11-18(17)28-12-13-5-7-15(22)8-6-13/h5-11H,4,12H2,1-3H3/b19-10+,24-21?. The summed E-state index contributed by atoms with van der Waals surface area (Å²) < 4.78 is 13.6. The number of benzene rings is 2. The van der Waals surface area contributed by atoms with Crippen LogP contribution in [0.2, 0.25) is 0 Å². The number of ether oxygens (including phenoxy) is 2. The summed E-state index contributed by atoms with van der Waals surface area (Å²) in [5, 5.41) is 0.678. The fourth-order valence-corrected chi connectivity index (χ4v) is 4.29. The SMILES string of the molecule is CCOc1cc(/C=C2/SC(=NC)N(C)C2=O)c(Br)cc1OCc1ccc(Br)cc1. The van der Waals surface area contributed by atoms with E-state index < -0.39 is 0 Å². The number of carbonyl (C=O) groups is 1. The molecule has 0 atom stereocenters. The van der Waals surface area contributed by atoms with Gasteiger partial charge >= 0.3 is 0 Å². The van der Waals surface area contributed by atoms with Gasteiger partial charge in [-0.2, -0.15) is 0 Å². The molecule has 29 heavy (non-hydrogen) atoms. The fraction of sp³-hybridized carbons (Fsp3) is 0.238. The number of thioether (sulfide) groups is 1. The number of aliphatic imine (C=N–C) groups is 1. The van der Waals surface area contributed by atoms with Gasteiger partial charge in [0.25, 0.3) is 5.91 Å². The number of amidine groups is 1. The summed E-state index contributed by atoms with van der Waals surface area (Å²) in [5.74, 6) is 1.20. The van der Waals surface area contributed by atoms with E-state index >= 15 is 0 Å². The lowest BCUT2D eigenvalue weighted by molar-refractivity contribution is -0.121. The topological polar surface area (TPSA) is 51.1 Å². The van der Waals surface area contributed by atoms with Crippen LogP contribution >= 0.6 is 43.6 Å². The van der Waals surface area contributed by atoms with E-state index in [4.69, 9.17) is 9.47 Å². The maximum Gasteiger partial charge on any atom is 0.266 e. The highest BCUT2D eigenvalue weighted by molar-refractivity contribution is 9.10. The molecule has 0 spiro atoms. The molecule has 5 nitrogen and oxygen atoms in total. The maximum absolute atomic E-state index is 12.4. The predicted octanol–water partition coefficient (Wildman–Crippen LogP) is 5.72. The van der Waals surface area contributed by atoms with Crippen molar-refractivity contribution in [2.75, 3.05) is 20.7 Å². The summed E-state index contributed by atoms with van der Waals surface area (Å²) in [6.07, 6.45) is 1.84. The van der Waals surface area contributed by atoms with Crippen LogP contribution in [0.1, 0.15) is 18.1 Å². The summed E-state index contributed by atoms with van der Waals surface area (Å²) in [6.45, 7) is 2.86. The molecule has 0 saturated carbocycles. The van der Waals surface area contributed by atoms with Crippen molar-refractivity contribution in [3.8, 4) is 11.5 Å². The molecule has 1 aliphatic rings. The van der Waals surface area contributed by atoms with Gasteiger partial charge in [0.05, 0.1) is 11.5 Å². The van der Waals surface area contributed by atoms with E-state index in [2.05, 4.69) is 36.9 Å². The number of amides is 1. The Morgan fingerprint density at radius 1 is 1.14 bits per heavy atom. The fourth-order valence-electron chi connectivity index (χ4n) is 2.67. The maximum atomic E-state index is 12.4. The Kier molecular flexibility index (Phi) is 7.43. The quantitative estimate of drug-likeness (QED) is 0.440. The molecule has 0 radical (unpaired) electrons. The minimum atomic E-state index is -0.0731. The lowest BCUT2D eigenvalue weighted by Gasteiger charge is -2.14. The van der Waals surface area contributed by atoms with E-state index in [0.717, 1.165) is 20.1 Å². The molecule has 1 fully saturated rings. The van der Waals surface area contributed by atoms with Crippen LogP contribution < -0.4 is 9.47 Å². The van der Waals surface area contributed by atoms with Gasteiger partial charge in [-0.15, -0.1) is 0 Å².